The lowest BCUT2D eigenvalue weighted by molar-refractivity contribution is -0.136. The van der Waals surface area contributed by atoms with Crippen LogP contribution in [-0.2, 0) is 11.2 Å². The molecule has 0 aliphatic rings. The molecule has 18 heavy (non-hydrogen) atoms. The summed E-state index contributed by atoms with van der Waals surface area (Å²) in [6.45, 7) is 0. The molecular weight excluding hydrogens is 224 g/mol. The first-order valence-electron chi connectivity index (χ1n) is 5.87. The number of carboxylic acids is 1. The third-order valence-electron chi connectivity index (χ3n) is 3.22. The van der Waals surface area contributed by atoms with Gasteiger partial charge in [0.05, 0.1) is 6.42 Å². The van der Waals surface area contributed by atoms with Crippen LogP contribution in [0.5, 0.6) is 0 Å². The van der Waals surface area contributed by atoms with Gasteiger partial charge in [-0.15, -0.1) is 0 Å². The molecule has 0 saturated carbocycles. The summed E-state index contributed by atoms with van der Waals surface area (Å²) in [5.74, 6) is -0.796. The van der Waals surface area contributed by atoms with E-state index < -0.39 is 5.97 Å². The van der Waals surface area contributed by atoms with Crippen molar-refractivity contribution in [2.75, 3.05) is 0 Å². The summed E-state index contributed by atoms with van der Waals surface area (Å²) in [4.78, 5) is 10.9. The first-order chi connectivity index (χ1) is 8.75. The number of hydrogen-bond acceptors (Lipinski definition) is 1. The summed E-state index contributed by atoms with van der Waals surface area (Å²) < 4.78 is 0. The zero-order chi connectivity index (χ0) is 12.5. The molecule has 0 aliphatic heterocycles. The largest absolute Gasteiger partial charge is 0.481 e. The van der Waals surface area contributed by atoms with E-state index in [9.17, 15) is 4.79 Å². The van der Waals surface area contributed by atoms with Gasteiger partial charge < -0.3 is 5.11 Å². The molecule has 0 atom stereocenters. The van der Waals surface area contributed by atoms with Crippen molar-refractivity contribution in [3.05, 3.63) is 60.2 Å². The second-order valence-corrected chi connectivity index (χ2v) is 4.37. The maximum Gasteiger partial charge on any atom is 0.307 e. The molecule has 0 spiro atoms. The van der Waals surface area contributed by atoms with Crippen LogP contribution in [0.1, 0.15) is 5.56 Å². The lowest BCUT2D eigenvalue weighted by Gasteiger charge is -2.07. The highest BCUT2D eigenvalue weighted by Gasteiger charge is 2.07. The Morgan fingerprint density at radius 2 is 1.61 bits per heavy atom. The third kappa shape index (κ3) is 1.72. The van der Waals surface area contributed by atoms with Gasteiger partial charge in [0, 0.05) is 0 Å². The standard InChI is InChI=1S/C16H12O2/c17-16(18)10-12-5-3-7-15-13-6-2-1-4-11(13)8-9-14(12)15/h1-9H,10H2,(H,17,18). The molecule has 0 fully saturated rings. The molecule has 0 amide bonds. The summed E-state index contributed by atoms with van der Waals surface area (Å²) in [5.41, 5.74) is 0.866. The Hall–Kier alpha value is -2.35. The van der Waals surface area contributed by atoms with Crippen molar-refractivity contribution in [1.29, 1.82) is 0 Å². The van der Waals surface area contributed by atoms with Crippen molar-refractivity contribution in [3.63, 3.8) is 0 Å². The lowest BCUT2D eigenvalue weighted by Crippen LogP contribution is -2.00. The maximum absolute atomic E-state index is 10.9. The van der Waals surface area contributed by atoms with Gasteiger partial charge in [0.15, 0.2) is 0 Å². The number of aliphatic carboxylic acids is 1. The first kappa shape index (κ1) is 10.8. The number of fused-ring (bicyclic) bond motifs is 3. The SMILES string of the molecule is O=C(O)Cc1cccc2c1ccc1ccccc12. The minimum Gasteiger partial charge on any atom is -0.481 e. The van der Waals surface area contributed by atoms with E-state index in [2.05, 4.69) is 12.1 Å². The highest BCUT2D eigenvalue weighted by atomic mass is 16.4. The molecule has 0 aromatic heterocycles. The van der Waals surface area contributed by atoms with Gasteiger partial charge in [-0.3, -0.25) is 4.79 Å². The van der Waals surface area contributed by atoms with Crippen LogP contribution >= 0.6 is 0 Å². The molecule has 3 aromatic carbocycles. The molecule has 1 N–H and O–H groups in total. The topological polar surface area (TPSA) is 37.3 Å². The smallest absolute Gasteiger partial charge is 0.307 e. The molecule has 0 aliphatic carbocycles. The molecule has 0 unspecified atom stereocenters. The van der Waals surface area contributed by atoms with Gasteiger partial charge in [0.2, 0.25) is 0 Å². The monoisotopic (exact) mass is 236 g/mol. The molecule has 88 valence electrons. The lowest BCUT2D eigenvalue weighted by atomic mass is 9.97. The molecule has 2 heteroatoms. The summed E-state index contributed by atoms with van der Waals surface area (Å²) in [6, 6.07) is 18.1. The van der Waals surface area contributed by atoms with E-state index in [1.807, 2.05) is 42.5 Å². The zero-order valence-corrected chi connectivity index (χ0v) is 9.76. The normalized spacial score (nSPS) is 10.9. The minimum absolute atomic E-state index is 0.0652. The van der Waals surface area contributed by atoms with E-state index in [-0.39, 0.29) is 6.42 Å². The van der Waals surface area contributed by atoms with E-state index in [1.54, 1.807) is 0 Å². The predicted octanol–water partition coefficient (Wildman–Crippen LogP) is 3.62. The van der Waals surface area contributed by atoms with E-state index >= 15 is 0 Å². The van der Waals surface area contributed by atoms with E-state index in [1.165, 1.54) is 10.8 Å². The van der Waals surface area contributed by atoms with Crippen LogP contribution in [0.25, 0.3) is 21.5 Å². The quantitative estimate of drug-likeness (QED) is 0.690. The van der Waals surface area contributed by atoms with Crippen LogP contribution in [0.2, 0.25) is 0 Å². The van der Waals surface area contributed by atoms with Crippen molar-refractivity contribution in [2.45, 2.75) is 6.42 Å². The van der Waals surface area contributed by atoms with Crippen molar-refractivity contribution >= 4 is 27.5 Å². The Morgan fingerprint density at radius 3 is 2.44 bits per heavy atom. The van der Waals surface area contributed by atoms with Crippen LogP contribution in [0.15, 0.2) is 54.6 Å². The second-order valence-electron chi connectivity index (χ2n) is 4.37. The molecule has 0 radical (unpaired) electrons. The van der Waals surface area contributed by atoms with Crippen LogP contribution in [0, 0.1) is 0 Å². The van der Waals surface area contributed by atoms with Crippen molar-refractivity contribution in [3.8, 4) is 0 Å². The van der Waals surface area contributed by atoms with Crippen molar-refractivity contribution < 1.29 is 9.90 Å². The molecule has 0 saturated heterocycles. The van der Waals surface area contributed by atoms with Crippen molar-refractivity contribution in [2.24, 2.45) is 0 Å². The molecule has 2 nitrogen and oxygen atoms in total. The van der Waals surface area contributed by atoms with Crippen LogP contribution in [0.4, 0.5) is 0 Å². The summed E-state index contributed by atoms with van der Waals surface area (Å²) in [5, 5.41) is 13.4. The molecule has 3 aromatic rings. The highest BCUT2D eigenvalue weighted by Crippen LogP contribution is 2.27. The predicted molar refractivity (Wildman–Crippen MR) is 72.8 cm³/mol. The van der Waals surface area contributed by atoms with Gasteiger partial charge in [0.1, 0.15) is 0 Å². The van der Waals surface area contributed by atoms with Crippen LogP contribution in [-0.4, -0.2) is 11.1 Å². The van der Waals surface area contributed by atoms with Gasteiger partial charge in [0.25, 0.3) is 0 Å². The Balaban J connectivity index is 2.36. The van der Waals surface area contributed by atoms with Crippen molar-refractivity contribution in [1.82, 2.24) is 0 Å². The highest BCUT2D eigenvalue weighted by molar-refractivity contribution is 6.08. The van der Waals surface area contributed by atoms with Gasteiger partial charge in [-0.05, 0) is 27.1 Å². The Kier molecular flexibility index (Phi) is 2.49. The Morgan fingerprint density at radius 1 is 0.833 bits per heavy atom. The summed E-state index contributed by atoms with van der Waals surface area (Å²) >= 11 is 0. The van der Waals surface area contributed by atoms with E-state index in [0.717, 1.165) is 16.3 Å². The molecule has 0 heterocycles. The molecule has 3 rings (SSSR count). The maximum atomic E-state index is 10.9. The fourth-order valence-corrected chi connectivity index (χ4v) is 2.42. The Bertz CT molecular complexity index is 744. The van der Waals surface area contributed by atoms with E-state index in [0.29, 0.717) is 0 Å². The fraction of sp³-hybridized carbons (Fsp3) is 0.0625. The second kappa shape index (κ2) is 4.15. The average molecular weight is 236 g/mol. The van der Waals surface area contributed by atoms with Crippen LogP contribution < -0.4 is 0 Å². The summed E-state index contributed by atoms with van der Waals surface area (Å²) in [6.07, 6.45) is 0.0652. The van der Waals surface area contributed by atoms with Gasteiger partial charge in [-0.2, -0.15) is 0 Å². The Labute approximate surface area is 104 Å². The number of carbonyl (C=O) groups is 1. The number of hydrogen-bond donors (Lipinski definition) is 1. The first-order valence-corrected chi connectivity index (χ1v) is 5.87. The summed E-state index contributed by atoms with van der Waals surface area (Å²) in [7, 11) is 0. The minimum atomic E-state index is -0.796. The van der Waals surface area contributed by atoms with E-state index in [4.69, 9.17) is 5.11 Å². The zero-order valence-electron chi connectivity index (χ0n) is 9.76. The number of rotatable bonds is 2. The van der Waals surface area contributed by atoms with Gasteiger partial charge >= 0.3 is 5.97 Å². The molecule has 0 bridgehead atoms. The molecular formula is C16H12O2. The number of carboxylic acid groups (broad SMARTS) is 1. The number of benzene rings is 3. The average Bonchev–Trinajstić information content (AvgIpc) is 2.38. The van der Waals surface area contributed by atoms with Gasteiger partial charge in [-0.1, -0.05) is 54.6 Å². The third-order valence-corrected chi connectivity index (χ3v) is 3.22. The van der Waals surface area contributed by atoms with Crippen LogP contribution in [0.3, 0.4) is 0 Å². The fourth-order valence-electron chi connectivity index (χ4n) is 2.42. The van der Waals surface area contributed by atoms with Gasteiger partial charge in [-0.25, -0.2) is 0 Å².